The molecule has 26 heavy (non-hydrogen) atoms. The highest BCUT2D eigenvalue weighted by Gasteiger charge is 2.16. The number of H-pyrrole nitrogens is 1. The zero-order valence-corrected chi connectivity index (χ0v) is 14.4. The molecule has 1 amide bonds. The van der Waals surface area contributed by atoms with Crippen molar-refractivity contribution in [3.05, 3.63) is 75.3 Å². The average molecular weight is 347 g/mol. The maximum Gasteiger partial charge on any atom is 0.293 e. The van der Waals surface area contributed by atoms with Gasteiger partial charge in [0, 0.05) is 6.54 Å². The van der Waals surface area contributed by atoms with Crippen LogP contribution in [0.2, 0.25) is 0 Å². The summed E-state index contributed by atoms with van der Waals surface area (Å²) in [6.45, 7) is 4.31. The van der Waals surface area contributed by atoms with Gasteiger partial charge in [0.25, 0.3) is 11.5 Å². The van der Waals surface area contributed by atoms with Crippen molar-refractivity contribution in [2.75, 3.05) is 0 Å². The van der Waals surface area contributed by atoms with E-state index in [0.717, 1.165) is 16.7 Å². The van der Waals surface area contributed by atoms with Gasteiger partial charge in [0.05, 0.1) is 11.0 Å². The lowest BCUT2D eigenvalue weighted by molar-refractivity contribution is 0.0941. The van der Waals surface area contributed by atoms with Crippen LogP contribution in [-0.2, 0) is 6.54 Å². The number of amides is 1. The molecule has 0 bridgehead atoms. The lowest BCUT2D eigenvalue weighted by atomic mass is 10.1. The number of rotatable bonds is 3. The molecule has 0 saturated heterocycles. The molecule has 0 aliphatic heterocycles. The summed E-state index contributed by atoms with van der Waals surface area (Å²) < 4.78 is 1.41. The van der Waals surface area contributed by atoms with E-state index in [1.807, 2.05) is 56.3 Å². The maximum absolute atomic E-state index is 12.4. The topological polar surface area (TPSA) is 92.1 Å². The van der Waals surface area contributed by atoms with Gasteiger partial charge >= 0.3 is 0 Å². The minimum absolute atomic E-state index is 0.0318. The molecular formula is C19H17N5O2. The van der Waals surface area contributed by atoms with E-state index in [1.165, 1.54) is 4.52 Å². The summed E-state index contributed by atoms with van der Waals surface area (Å²) in [6.07, 6.45) is 0. The van der Waals surface area contributed by atoms with Crippen molar-refractivity contribution in [1.29, 1.82) is 0 Å². The van der Waals surface area contributed by atoms with Crippen molar-refractivity contribution in [2.45, 2.75) is 20.4 Å². The Morgan fingerprint density at radius 2 is 1.85 bits per heavy atom. The first-order chi connectivity index (χ1) is 12.5. The molecule has 4 rings (SSSR count). The van der Waals surface area contributed by atoms with E-state index in [-0.39, 0.29) is 17.0 Å². The molecule has 130 valence electrons. The number of carbonyl (C=O) groups is 1. The van der Waals surface area contributed by atoms with Crippen LogP contribution < -0.4 is 10.9 Å². The minimum Gasteiger partial charge on any atom is -0.345 e. The monoisotopic (exact) mass is 347 g/mol. The molecule has 0 atom stereocenters. The third kappa shape index (κ3) is 2.83. The van der Waals surface area contributed by atoms with E-state index in [2.05, 4.69) is 20.4 Å². The number of hydrogen-bond acceptors (Lipinski definition) is 4. The number of aromatic nitrogens is 4. The van der Waals surface area contributed by atoms with E-state index in [9.17, 15) is 9.59 Å². The van der Waals surface area contributed by atoms with Crippen LogP contribution >= 0.6 is 0 Å². The molecule has 0 saturated carbocycles. The Kier molecular flexibility index (Phi) is 3.76. The van der Waals surface area contributed by atoms with Crippen LogP contribution in [0.1, 0.15) is 27.3 Å². The molecular weight excluding hydrogens is 330 g/mol. The molecule has 0 radical (unpaired) electrons. The van der Waals surface area contributed by atoms with Gasteiger partial charge in [-0.3, -0.25) is 9.59 Å². The van der Waals surface area contributed by atoms with Crippen LogP contribution in [-0.4, -0.2) is 25.5 Å². The predicted molar refractivity (Wildman–Crippen MR) is 98.2 cm³/mol. The van der Waals surface area contributed by atoms with Crippen molar-refractivity contribution in [2.24, 2.45) is 0 Å². The third-order valence-corrected chi connectivity index (χ3v) is 4.22. The van der Waals surface area contributed by atoms with Crippen LogP contribution in [0, 0.1) is 13.8 Å². The van der Waals surface area contributed by atoms with E-state index in [1.54, 1.807) is 0 Å². The van der Waals surface area contributed by atoms with Gasteiger partial charge in [0.1, 0.15) is 0 Å². The summed E-state index contributed by atoms with van der Waals surface area (Å²) in [4.78, 5) is 31.5. The first-order valence-corrected chi connectivity index (χ1v) is 8.24. The molecule has 0 unspecified atom stereocenters. The maximum atomic E-state index is 12.4. The van der Waals surface area contributed by atoms with Gasteiger partial charge in [-0.2, -0.15) is 4.98 Å². The Morgan fingerprint density at radius 3 is 2.62 bits per heavy atom. The quantitative estimate of drug-likeness (QED) is 0.594. The van der Waals surface area contributed by atoms with E-state index < -0.39 is 5.91 Å². The summed E-state index contributed by atoms with van der Waals surface area (Å²) in [7, 11) is 0. The SMILES string of the molecule is Cc1ccc(CNC(=O)c2nc3c(=O)[nH]c4cc(C)ccc4n3n2)cc1. The van der Waals surface area contributed by atoms with E-state index in [0.29, 0.717) is 17.6 Å². The number of nitrogens with one attached hydrogen (secondary N) is 2. The molecule has 0 spiro atoms. The fourth-order valence-electron chi connectivity index (χ4n) is 2.80. The standard InChI is InChI=1S/C19H17N5O2/c1-11-3-6-13(7-4-11)10-20-18(25)16-22-17-19(26)21-14-9-12(2)5-8-15(14)24(17)23-16/h3-9H,10H2,1-2H3,(H,20,25)(H,21,26). The Morgan fingerprint density at radius 1 is 1.12 bits per heavy atom. The molecule has 2 aromatic heterocycles. The Labute approximate surface area is 148 Å². The largest absolute Gasteiger partial charge is 0.345 e. The van der Waals surface area contributed by atoms with Crippen LogP contribution in [0.4, 0.5) is 0 Å². The number of aryl methyl sites for hydroxylation is 2. The molecule has 2 heterocycles. The fourth-order valence-corrected chi connectivity index (χ4v) is 2.80. The number of hydrogen-bond donors (Lipinski definition) is 2. The fraction of sp³-hybridized carbons (Fsp3) is 0.158. The summed E-state index contributed by atoms with van der Waals surface area (Å²) in [5.41, 5.74) is 4.21. The zero-order valence-electron chi connectivity index (χ0n) is 14.4. The first-order valence-electron chi connectivity index (χ1n) is 8.24. The second-order valence-corrected chi connectivity index (χ2v) is 6.31. The second kappa shape index (κ2) is 6.11. The molecule has 2 N–H and O–H groups in total. The summed E-state index contributed by atoms with van der Waals surface area (Å²) in [5.74, 6) is -0.454. The number of carbonyl (C=O) groups excluding carboxylic acids is 1. The molecule has 7 heteroatoms. The van der Waals surface area contributed by atoms with Crippen molar-refractivity contribution in [3.63, 3.8) is 0 Å². The first kappa shape index (κ1) is 16.0. The highest BCUT2D eigenvalue weighted by Crippen LogP contribution is 2.13. The van der Waals surface area contributed by atoms with E-state index in [4.69, 9.17) is 0 Å². The molecule has 0 aliphatic carbocycles. The number of aromatic amines is 1. The number of benzene rings is 2. The molecule has 2 aromatic carbocycles. The molecule has 7 nitrogen and oxygen atoms in total. The summed E-state index contributed by atoms with van der Waals surface area (Å²) in [6, 6.07) is 13.5. The van der Waals surface area contributed by atoms with Gasteiger partial charge in [-0.25, -0.2) is 4.52 Å². The second-order valence-electron chi connectivity index (χ2n) is 6.31. The Hall–Kier alpha value is -3.48. The summed E-state index contributed by atoms with van der Waals surface area (Å²) >= 11 is 0. The van der Waals surface area contributed by atoms with Gasteiger partial charge in [0.15, 0.2) is 0 Å². The highest BCUT2D eigenvalue weighted by molar-refractivity contribution is 5.91. The van der Waals surface area contributed by atoms with Gasteiger partial charge < -0.3 is 10.3 Å². The predicted octanol–water partition coefficient (Wildman–Crippen LogP) is 2.12. The van der Waals surface area contributed by atoms with Crippen molar-refractivity contribution in [3.8, 4) is 0 Å². The normalized spacial score (nSPS) is 11.2. The van der Waals surface area contributed by atoms with Gasteiger partial charge in [-0.15, -0.1) is 5.10 Å². The van der Waals surface area contributed by atoms with Gasteiger partial charge in [0.2, 0.25) is 11.5 Å². The van der Waals surface area contributed by atoms with Crippen LogP contribution in [0.3, 0.4) is 0 Å². The lowest BCUT2D eigenvalue weighted by Gasteiger charge is -2.03. The van der Waals surface area contributed by atoms with Crippen LogP contribution in [0.15, 0.2) is 47.3 Å². The van der Waals surface area contributed by atoms with Crippen molar-refractivity contribution < 1.29 is 4.79 Å². The van der Waals surface area contributed by atoms with Gasteiger partial charge in [-0.05, 0) is 37.1 Å². The molecule has 4 aromatic rings. The smallest absolute Gasteiger partial charge is 0.293 e. The number of fused-ring (bicyclic) bond motifs is 3. The third-order valence-electron chi connectivity index (χ3n) is 4.22. The highest BCUT2D eigenvalue weighted by atomic mass is 16.2. The Balaban J connectivity index is 1.67. The Bertz CT molecular complexity index is 1190. The number of nitrogens with zero attached hydrogens (tertiary/aromatic N) is 3. The van der Waals surface area contributed by atoms with Crippen LogP contribution in [0.5, 0.6) is 0 Å². The van der Waals surface area contributed by atoms with E-state index >= 15 is 0 Å². The molecule has 0 aliphatic rings. The van der Waals surface area contributed by atoms with Crippen LogP contribution in [0.25, 0.3) is 16.7 Å². The average Bonchev–Trinajstić information content (AvgIpc) is 3.07. The lowest BCUT2D eigenvalue weighted by Crippen LogP contribution is -2.24. The van der Waals surface area contributed by atoms with Crippen molar-refractivity contribution in [1.82, 2.24) is 24.9 Å². The van der Waals surface area contributed by atoms with Gasteiger partial charge in [-0.1, -0.05) is 35.9 Å². The molecule has 0 fully saturated rings. The zero-order chi connectivity index (χ0) is 18.3. The van der Waals surface area contributed by atoms with Crippen molar-refractivity contribution >= 4 is 22.6 Å². The summed E-state index contributed by atoms with van der Waals surface area (Å²) in [5, 5.41) is 7.01. The minimum atomic E-state index is -0.422.